The SMILES string of the molecule is CC.O=C(Nc1cnc(-c2cc3c(cc2Br)OCO3)cn1)c1ccccc1Cl. The molecule has 0 saturated carbocycles. The van der Waals surface area contributed by atoms with Crippen molar-refractivity contribution in [3.05, 3.63) is 63.9 Å². The van der Waals surface area contributed by atoms with E-state index in [2.05, 4.69) is 31.2 Å². The van der Waals surface area contributed by atoms with E-state index in [1.165, 1.54) is 6.20 Å². The number of halogens is 2. The second kappa shape index (κ2) is 9.03. The molecule has 0 fully saturated rings. The Morgan fingerprint density at radius 1 is 1.11 bits per heavy atom. The highest BCUT2D eigenvalue weighted by Crippen LogP contribution is 2.40. The molecule has 2 heterocycles. The van der Waals surface area contributed by atoms with Crippen LogP contribution in [0.3, 0.4) is 0 Å². The zero-order chi connectivity index (χ0) is 20.1. The zero-order valence-corrected chi connectivity index (χ0v) is 17.5. The molecule has 0 atom stereocenters. The van der Waals surface area contributed by atoms with Gasteiger partial charge in [-0.2, -0.15) is 0 Å². The van der Waals surface area contributed by atoms with Crippen molar-refractivity contribution >= 4 is 39.3 Å². The summed E-state index contributed by atoms with van der Waals surface area (Å²) in [5.74, 6) is 1.32. The number of hydrogen-bond donors (Lipinski definition) is 1. The highest BCUT2D eigenvalue weighted by Gasteiger charge is 2.18. The van der Waals surface area contributed by atoms with E-state index in [-0.39, 0.29) is 12.7 Å². The molecule has 0 bridgehead atoms. The number of carbonyl (C=O) groups is 1. The van der Waals surface area contributed by atoms with Crippen LogP contribution in [-0.2, 0) is 0 Å². The number of carbonyl (C=O) groups excluding carboxylic acids is 1. The van der Waals surface area contributed by atoms with E-state index < -0.39 is 0 Å². The van der Waals surface area contributed by atoms with Gasteiger partial charge in [-0.25, -0.2) is 4.98 Å². The van der Waals surface area contributed by atoms with E-state index in [9.17, 15) is 4.79 Å². The number of benzene rings is 2. The van der Waals surface area contributed by atoms with Crippen molar-refractivity contribution in [2.45, 2.75) is 13.8 Å². The first-order chi connectivity index (χ1) is 13.6. The molecule has 0 saturated heterocycles. The Morgan fingerprint density at radius 2 is 1.82 bits per heavy atom. The van der Waals surface area contributed by atoms with Gasteiger partial charge < -0.3 is 14.8 Å². The van der Waals surface area contributed by atoms with Crippen molar-refractivity contribution < 1.29 is 14.3 Å². The molecule has 8 heteroatoms. The Labute approximate surface area is 176 Å². The first-order valence-electron chi connectivity index (χ1n) is 8.59. The van der Waals surface area contributed by atoms with Gasteiger partial charge >= 0.3 is 0 Å². The normalized spacial score (nSPS) is 11.4. The van der Waals surface area contributed by atoms with Crippen LogP contribution in [0.4, 0.5) is 5.82 Å². The van der Waals surface area contributed by atoms with E-state index in [0.717, 1.165) is 10.0 Å². The minimum absolute atomic E-state index is 0.198. The molecule has 0 spiro atoms. The van der Waals surface area contributed by atoms with Gasteiger partial charge in [-0.1, -0.05) is 37.6 Å². The molecule has 1 N–H and O–H groups in total. The summed E-state index contributed by atoms with van der Waals surface area (Å²) in [6, 6.07) is 10.5. The summed E-state index contributed by atoms with van der Waals surface area (Å²) < 4.78 is 11.5. The second-order valence-electron chi connectivity index (χ2n) is 5.41. The molecule has 1 aliphatic rings. The Balaban J connectivity index is 0.00000109. The van der Waals surface area contributed by atoms with Crippen LogP contribution in [0.5, 0.6) is 11.5 Å². The number of rotatable bonds is 3. The van der Waals surface area contributed by atoms with Crippen molar-refractivity contribution in [2.24, 2.45) is 0 Å². The van der Waals surface area contributed by atoms with Crippen molar-refractivity contribution in [3.63, 3.8) is 0 Å². The Hall–Kier alpha value is -2.64. The van der Waals surface area contributed by atoms with Crippen LogP contribution in [0.2, 0.25) is 5.02 Å². The van der Waals surface area contributed by atoms with Gasteiger partial charge in [0.25, 0.3) is 5.91 Å². The third-order valence-corrected chi connectivity index (χ3v) is 4.74. The average Bonchev–Trinajstić information content (AvgIpc) is 3.17. The topological polar surface area (TPSA) is 73.3 Å². The van der Waals surface area contributed by atoms with Crippen LogP contribution in [0, 0.1) is 0 Å². The number of aromatic nitrogens is 2. The average molecular weight is 463 g/mol. The summed E-state index contributed by atoms with van der Waals surface area (Å²) in [6.07, 6.45) is 3.06. The Morgan fingerprint density at radius 3 is 2.50 bits per heavy atom. The van der Waals surface area contributed by atoms with Crippen LogP contribution in [-0.4, -0.2) is 22.7 Å². The number of ether oxygens (including phenoxy) is 2. The van der Waals surface area contributed by atoms with Crippen LogP contribution in [0.15, 0.2) is 53.3 Å². The van der Waals surface area contributed by atoms with E-state index in [1.54, 1.807) is 30.5 Å². The lowest BCUT2D eigenvalue weighted by atomic mass is 10.1. The largest absolute Gasteiger partial charge is 0.454 e. The molecule has 0 radical (unpaired) electrons. The molecule has 2 aromatic carbocycles. The molecule has 144 valence electrons. The molecular formula is C20H17BrClN3O3. The molecule has 4 rings (SSSR count). The number of fused-ring (bicyclic) bond motifs is 1. The smallest absolute Gasteiger partial charge is 0.258 e. The molecule has 1 aliphatic heterocycles. The van der Waals surface area contributed by atoms with E-state index in [0.29, 0.717) is 33.6 Å². The fourth-order valence-corrected chi connectivity index (χ4v) is 3.22. The monoisotopic (exact) mass is 461 g/mol. The van der Waals surface area contributed by atoms with Crippen molar-refractivity contribution in [2.75, 3.05) is 12.1 Å². The van der Waals surface area contributed by atoms with Crippen LogP contribution in [0.1, 0.15) is 24.2 Å². The zero-order valence-electron chi connectivity index (χ0n) is 15.2. The Bertz CT molecular complexity index is 996. The lowest BCUT2D eigenvalue weighted by Crippen LogP contribution is -2.13. The molecule has 3 aromatic rings. The fraction of sp³-hybridized carbons (Fsp3) is 0.150. The molecule has 6 nitrogen and oxygen atoms in total. The van der Waals surface area contributed by atoms with Gasteiger partial charge in [0.15, 0.2) is 17.3 Å². The van der Waals surface area contributed by atoms with Crippen LogP contribution in [0.25, 0.3) is 11.3 Å². The maximum atomic E-state index is 12.3. The molecular weight excluding hydrogens is 446 g/mol. The van der Waals surface area contributed by atoms with Gasteiger partial charge in [0.1, 0.15) is 0 Å². The second-order valence-corrected chi connectivity index (χ2v) is 6.67. The van der Waals surface area contributed by atoms with Gasteiger partial charge in [0.2, 0.25) is 6.79 Å². The number of amides is 1. The summed E-state index contributed by atoms with van der Waals surface area (Å²) in [5.41, 5.74) is 1.82. The lowest BCUT2D eigenvalue weighted by molar-refractivity contribution is 0.102. The van der Waals surface area contributed by atoms with Crippen molar-refractivity contribution in [1.29, 1.82) is 0 Å². The van der Waals surface area contributed by atoms with Crippen molar-refractivity contribution in [1.82, 2.24) is 9.97 Å². The first-order valence-corrected chi connectivity index (χ1v) is 9.76. The number of nitrogens with zero attached hydrogens (tertiary/aromatic N) is 2. The van der Waals surface area contributed by atoms with E-state index in [1.807, 2.05) is 26.0 Å². The summed E-state index contributed by atoms with van der Waals surface area (Å²) in [4.78, 5) is 20.9. The molecule has 1 amide bonds. The maximum Gasteiger partial charge on any atom is 0.258 e. The lowest BCUT2D eigenvalue weighted by Gasteiger charge is -2.08. The van der Waals surface area contributed by atoms with E-state index >= 15 is 0 Å². The van der Waals surface area contributed by atoms with Gasteiger partial charge in [-0.15, -0.1) is 0 Å². The third-order valence-electron chi connectivity index (χ3n) is 3.75. The number of hydrogen-bond acceptors (Lipinski definition) is 5. The molecule has 1 aromatic heterocycles. The molecule has 0 unspecified atom stereocenters. The van der Waals surface area contributed by atoms with E-state index in [4.69, 9.17) is 21.1 Å². The summed E-state index contributed by atoms with van der Waals surface area (Å²) in [6.45, 7) is 4.20. The van der Waals surface area contributed by atoms with Gasteiger partial charge in [-0.05, 0) is 40.2 Å². The van der Waals surface area contributed by atoms with Gasteiger partial charge in [0.05, 0.1) is 28.7 Å². The summed E-state index contributed by atoms with van der Waals surface area (Å²) in [7, 11) is 0. The number of nitrogens with one attached hydrogen (secondary N) is 1. The highest BCUT2D eigenvalue weighted by atomic mass is 79.9. The third kappa shape index (κ3) is 4.26. The summed E-state index contributed by atoms with van der Waals surface area (Å²) in [5, 5.41) is 3.05. The Kier molecular flexibility index (Phi) is 6.49. The van der Waals surface area contributed by atoms with Gasteiger partial charge in [0, 0.05) is 10.0 Å². The quantitative estimate of drug-likeness (QED) is 0.551. The van der Waals surface area contributed by atoms with Crippen molar-refractivity contribution in [3.8, 4) is 22.8 Å². The summed E-state index contributed by atoms with van der Waals surface area (Å²) >= 11 is 9.53. The fourth-order valence-electron chi connectivity index (χ4n) is 2.47. The molecule has 0 aliphatic carbocycles. The minimum atomic E-state index is -0.345. The first kappa shape index (κ1) is 20.1. The number of anilines is 1. The van der Waals surface area contributed by atoms with Gasteiger partial charge in [-0.3, -0.25) is 9.78 Å². The minimum Gasteiger partial charge on any atom is -0.454 e. The predicted octanol–water partition coefficient (Wildman–Crippen LogP) is 5.57. The predicted molar refractivity (Wildman–Crippen MR) is 112 cm³/mol. The standard InChI is InChI=1S/C18H11BrClN3O3.C2H6/c19-12-6-16-15(25-9-26-16)5-11(12)14-7-22-17(8-21-14)23-18(24)10-3-1-2-4-13(10)20;1-2/h1-8H,9H2,(H,22,23,24);1-2H3. The highest BCUT2D eigenvalue weighted by molar-refractivity contribution is 9.10. The van der Waals surface area contributed by atoms with Crippen LogP contribution < -0.4 is 14.8 Å². The molecule has 28 heavy (non-hydrogen) atoms. The van der Waals surface area contributed by atoms with Crippen LogP contribution >= 0.6 is 27.5 Å². The maximum absolute atomic E-state index is 12.3.